The summed E-state index contributed by atoms with van der Waals surface area (Å²) in [5, 5.41) is 10.2. The highest BCUT2D eigenvalue weighted by atomic mass is 15.1. The maximum atomic E-state index is 5.93. The number of anilines is 1. The average molecular weight is 258 g/mol. The second-order valence-corrected chi connectivity index (χ2v) is 5.04. The van der Waals surface area contributed by atoms with E-state index in [0.29, 0.717) is 11.7 Å². The van der Waals surface area contributed by atoms with Crippen LogP contribution < -0.4 is 5.73 Å². The summed E-state index contributed by atoms with van der Waals surface area (Å²) < 4.78 is 0. The van der Waals surface area contributed by atoms with E-state index in [9.17, 15) is 0 Å². The van der Waals surface area contributed by atoms with Gasteiger partial charge >= 0.3 is 0 Å². The van der Waals surface area contributed by atoms with E-state index in [1.165, 1.54) is 19.3 Å². The van der Waals surface area contributed by atoms with E-state index in [1.54, 1.807) is 0 Å². The lowest BCUT2D eigenvalue weighted by Crippen LogP contribution is -2.05. The van der Waals surface area contributed by atoms with Crippen LogP contribution >= 0.6 is 0 Å². The van der Waals surface area contributed by atoms with Gasteiger partial charge in [0.1, 0.15) is 0 Å². The minimum absolute atomic E-state index is 0.478. The summed E-state index contributed by atoms with van der Waals surface area (Å²) in [6.07, 6.45) is 6.53. The molecular formula is C15H22N4. The first kappa shape index (κ1) is 13.7. The Kier molecular flexibility index (Phi) is 4.30. The number of nitrogen functional groups attached to an aromatic ring is 1. The van der Waals surface area contributed by atoms with Crippen LogP contribution in [0.3, 0.4) is 0 Å². The first-order chi connectivity index (χ1) is 9.19. The molecule has 0 amide bonds. The van der Waals surface area contributed by atoms with Crippen LogP contribution in [0.1, 0.15) is 56.8 Å². The van der Waals surface area contributed by atoms with Gasteiger partial charge in [-0.15, -0.1) is 5.10 Å². The van der Waals surface area contributed by atoms with Gasteiger partial charge < -0.3 is 5.73 Å². The molecule has 0 aliphatic heterocycles. The van der Waals surface area contributed by atoms with Gasteiger partial charge in [0.05, 0.1) is 11.4 Å². The zero-order valence-electron chi connectivity index (χ0n) is 12.0. The molecule has 4 nitrogen and oxygen atoms in total. The summed E-state index contributed by atoms with van der Waals surface area (Å²) in [5.74, 6) is 0.973. The molecule has 19 heavy (non-hydrogen) atoms. The smallest absolute Gasteiger partial charge is 0.154 e. The fourth-order valence-corrected chi connectivity index (χ4v) is 2.60. The summed E-state index contributed by atoms with van der Waals surface area (Å²) >= 11 is 0. The zero-order chi connectivity index (χ0) is 13.8. The van der Waals surface area contributed by atoms with Gasteiger partial charge in [-0.2, -0.15) is 5.10 Å². The number of fused-ring (bicyclic) bond motifs is 1. The molecule has 1 unspecified atom stereocenters. The van der Waals surface area contributed by atoms with Crippen molar-refractivity contribution in [2.75, 3.05) is 5.73 Å². The number of hydrogen-bond donors (Lipinski definition) is 1. The number of nitrogens with zero attached hydrogens (tertiary/aromatic N) is 3. The van der Waals surface area contributed by atoms with Crippen LogP contribution in [0.4, 0.5) is 5.82 Å². The SMILES string of the molecule is CCCCC(CC)c1nccc2c(N)nnc(C)c12. The first-order valence-corrected chi connectivity index (χ1v) is 7.06. The molecule has 2 aromatic rings. The average Bonchev–Trinajstić information content (AvgIpc) is 2.44. The van der Waals surface area contributed by atoms with Gasteiger partial charge in [0, 0.05) is 22.9 Å². The van der Waals surface area contributed by atoms with Gasteiger partial charge in [-0.1, -0.05) is 26.7 Å². The van der Waals surface area contributed by atoms with Crippen molar-refractivity contribution in [3.05, 3.63) is 23.7 Å². The summed E-state index contributed by atoms with van der Waals surface area (Å²) in [6, 6.07) is 1.93. The predicted octanol–water partition coefficient (Wildman–Crippen LogP) is 3.60. The van der Waals surface area contributed by atoms with Crippen molar-refractivity contribution < 1.29 is 0 Å². The van der Waals surface area contributed by atoms with E-state index in [0.717, 1.165) is 28.6 Å². The zero-order valence-corrected chi connectivity index (χ0v) is 12.0. The fraction of sp³-hybridized carbons (Fsp3) is 0.533. The van der Waals surface area contributed by atoms with Crippen molar-refractivity contribution in [3.63, 3.8) is 0 Å². The Morgan fingerprint density at radius 2 is 2.05 bits per heavy atom. The molecule has 0 saturated carbocycles. The predicted molar refractivity (Wildman–Crippen MR) is 79.0 cm³/mol. The van der Waals surface area contributed by atoms with Gasteiger partial charge in [-0.25, -0.2) is 0 Å². The Morgan fingerprint density at radius 1 is 1.26 bits per heavy atom. The number of unbranched alkanes of at least 4 members (excludes halogenated alkanes) is 1. The van der Waals surface area contributed by atoms with Crippen molar-refractivity contribution in [2.45, 2.75) is 52.4 Å². The van der Waals surface area contributed by atoms with E-state index < -0.39 is 0 Å². The van der Waals surface area contributed by atoms with Crippen LogP contribution in [0, 0.1) is 6.92 Å². The molecule has 2 aromatic heterocycles. The second-order valence-electron chi connectivity index (χ2n) is 5.04. The van der Waals surface area contributed by atoms with Crippen molar-refractivity contribution in [1.29, 1.82) is 0 Å². The third-order valence-electron chi connectivity index (χ3n) is 3.71. The topological polar surface area (TPSA) is 64.7 Å². The van der Waals surface area contributed by atoms with E-state index in [1.807, 2.05) is 19.2 Å². The van der Waals surface area contributed by atoms with Crippen LogP contribution in [0.2, 0.25) is 0 Å². The van der Waals surface area contributed by atoms with E-state index in [4.69, 9.17) is 5.73 Å². The van der Waals surface area contributed by atoms with Crippen molar-refractivity contribution in [2.24, 2.45) is 0 Å². The number of aromatic nitrogens is 3. The molecule has 0 radical (unpaired) electrons. The van der Waals surface area contributed by atoms with Gasteiger partial charge in [0.25, 0.3) is 0 Å². The number of hydrogen-bond acceptors (Lipinski definition) is 4. The Labute approximate surface area is 114 Å². The van der Waals surface area contributed by atoms with Crippen LogP contribution in [0.5, 0.6) is 0 Å². The number of aryl methyl sites for hydroxylation is 1. The van der Waals surface area contributed by atoms with Crippen LogP contribution in [0.25, 0.3) is 10.8 Å². The normalized spacial score (nSPS) is 12.8. The van der Waals surface area contributed by atoms with Crippen molar-refractivity contribution >= 4 is 16.6 Å². The molecule has 102 valence electrons. The molecule has 1 atom stereocenters. The summed E-state index contributed by atoms with van der Waals surface area (Å²) in [5.41, 5.74) is 7.99. The van der Waals surface area contributed by atoms with Gasteiger partial charge in [-0.3, -0.25) is 4.98 Å². The standard InChI is InChI=1S/C15H22N4/c1-4-6-7-11(5-2)14-13-10(3)18-19-15(16)12(13)8-9-17-14/h8-9,11H,4-7H2,1-3H3,(H2,16,19). The van der Waals surface area contributed by atoms with Crippen molar-refractivity contribution in [1.82, 2.24) is 15.2 Å². The van der Waals surface area contributed by atoms with Crippen LogP contribution in [-0.2, 0) is 0 Å². The molecule has 0 saturated heterocycles. The lowest BCUT2D eigenvalue weighted by Gasteiger charge is -2.17. The molecule has 2 rings (SSSR count). The maximum Gasteiger partial charge on any atom is 0.154 e. The number of nitrogens with two attached hydrogens (primary N) is 1. The largest absolute Gasteiger partial charge is 0.382 e. The van der Waals surface area contributed by atoms with Crippen LogP contribution in [0.15, 0.2) is 12.3 Å². The van der Waals surface area contributed by atoms with E-state index in [-0.39, 0.29) is 0 Å². The molecule has 2 N–H and O–H groups in total. The van der Waals surface area contributed by atoms with Gasteiger partial charge in [0.15, 0.2) is 5.82 Å². The fourth-order valence-electron chi connectivity index (χ4n) is 2.60. The monoisotopic (exact) mass is 258 g/mol. The molecule has 0 spiro atoms. The molecule has 0 aliphatic rings. The lowest BCUT2D eigenvalue weighted by atomic mass is 9.92. The summed E-state index contributed by atoms with van der Waals surface area (Å²) in [6.45, 7) is 6.42. The van der Waals surface area contributed by atoms with Gasteiger partial charge in [0.2, 0.25) is 0 Å². The highest BCUT2D eigenvalue weighted by Gasteiger charge is 2.17. The molecule has 4 heteroatoms. The molecule has 2 heterocycles. The Morgan fingerprint density at radius 3 is 2.74 bits per heavy atom. The molecular weight excluding hydrogens is 236 g/mol. The van der Waals surface area contributed by atoms with Crippen molar-refractivity contribution in [3.8, 4) is 0 Å². The second kappa shape index (κ2) is 5.95. The molecule has 0 aliphatic carbocycles. The minimum atomic E-state index is 0.478. The third-order valence-corrected chi connectivity index (χ3v) is 3.71. The number of pyridine rings is 1. The highest BCUT2D eigenvalue weighted by molar-refractivity contribution is 5.93. The van der Waals surface area contributed by atoms with E-state index >= 15 is 0 Å². The summed E-state index contributed by atoms with van der Waals surface area (Å²) in [4.78, 5) is 4.61. The maximum absolute atomic E-state index is 5.93. The third kappa shape index (κ3) is 2.67. The molecule has 0 bridgehead atoms. The first-order valence-electron chi connectivity index (χ1n) is 7.06. The van der Waals surface area contributed by atoms with Gasteiger partial charge in [-0.05, 0) is 25.8 Å². The summed E-state index contributed by atoms with van der Waals surface area (Å²) in [7, 11) is 0. The molecule has 0 aromatic carbocycles. The quantitative estimate of drug-likeness (QED) is 0.890. The lowest BCUT2D eigenvalue weighted by molar-refractivity contribution is 0.561. The number of rotatable bonds is 5. The Bertz CT molecular complexity index is 565. The van der Waals surface area contributed by atoms with Crippen LogP contribution in [-0.4, -0.2) is 15.2 Å². The Hall–Kier alpha value is -1.71. The highest BCUT2D eigenvalue weighted by Crippen LogP contribution is 2.32. The molecule has 0 fully saturated rings. The van der Waals surface area contributed by atoms with E-state index in [2.05, 4.69) is 29.0 Å². The Balaban J connectivity index is 2.56. The minimum Gasteiger partial charge on any atom is -0.382 e.